The summed E-state index contributed by atoms with van der Waals surface area (Å²) < 4.78 is 0. The lowest BCUT2D eigenvalue weighted by atomic mass is 10.1. The lowest BCUT2D eigenvalue weighted by Gasteiger charge is -2.23. The van der Waals surface area contributed by atoms with E-state index < -0.39 is 23.9 Å². The van der Waals surface area contributed by atoms with Crippen LogP contribution in [0.5, 0.6) is 0 Å². The van der Waals surface area contributed by atoms with Gasteiger partial charge >= 0.3 is 12.0 Å². The van der Waals surface area contributed by atoms with Crippen LogP contribution < -0.4 is 16.4 Å². The van der Waals surface area contributed by atoms with Gasteiger partial charge < -0.3 is 21.5 Å². The molecule has 8 heteroatoms. The van der Waals surface area contributed by atoms with Gasteiger partial charge in [0.25, 0.3) is 0 Å². The highest BCUT2D eigenvalue weighted by atomic mass is 32.2. The second kappa shape index (κ2) is 7.88. The molecule has 1 rings (SSSR count). The summed E-state index contributed by atoms with van der Waals surface area (Å²) >= 11 is 1.84. The molecule has 0 unspecified atom stereocenters. The molecule has 0 aromatic rings. The van der Waals surface area contributed by atoms with Crippen LogP contribution in [0, 0.1) is 0 Å². The van der Waals surface area contributed by atoms with Crippen molar-refractivity contribution in [1.29, 1.82) is 0 Å². The topological polar surface area (TPSA) is 122 Å². The molecule has 108 valence electrons. The van der Waals surface area contributed by atoms with Crippen molar-refractivity contribution < 1.29 is 19.5 Å². The maximum Gasteiger partial charge on any atom is 0.326 e. The molecule has 19 heavy (non-hydrogen) atoms. The van der Waals surface area contributed by atoms with Gasteiger partial charge in [-0.3, -0.25) is 4.79 Å². The Labute approximate surface area is 115 Å². The number of nitrogens with one attached hydrogen (secondary N) is 2. The molecule has 0 spiro atoms. The van der Waals surface area contributed by atoms with Gasteiger partial charge in [-0.05, 0) is 30.8 Å². The van der Waals surface area contributed by atoms with Gasteiger partial charge in [-0.15, -0.1) is 0 Å². The van der Waals surface area contributed by atoms with E-state index in [4.69, 9.17) is 10.8 Å². The van der Waals surface area contributed by atoms with Crippen molar-refractivity contribution in [3.8, 4) is 0 Å². The first kappa shape index (κ1) is 15.6. The van der Waals surface area contributed by atoms with Crippen LogP contribution in [0.1, 0.15) is 25.7 Å². The van der Waals surface area contributed by atoms with Gasteiger partial charge in [-0.1, -0.05) is 0 Å². The number of rotatable bonds is 6. The molecule has 1 fully saturated rings. The van der Waals surface area contributed by atoms with Gasteiger partial charge in [0.2, 0.25) is 5.91 Å². The van der Waals surface area contributed by atoms with Crippen molar-refractivity contribution in [2.75, 3.05) is 11.5 Å². The third-order valence-corrected chi connectivity index (χ3v) is 3.89. The zero-order valence-corrected chi connectivity index (χ0v) is 11.4. The number of aliphatic carboxylic acids is 1. The fraction of sp³-hybridized carbons (Fsp3) is 0.727. The number of carboxylic acids is 1. The first-order chi connectivity index (χ1) is 8.99. The molecule has 0 aromatic heterocycles. The van der Waals surface area contributed by atoms with Crippen molar-refractivity contribution in [2.45, 2.75) is 37.8 Å². The van der Waals surface area contributed by atoms with Crippen molar-refractivity contribution in [2.24, 2.45) is 5.73 Å². The predicted molar refractivity (Wildman–Crippen MR) is 71.9 cm³/mol. The van der Waals surface area contributed by atoms with E-state index in [1.54, 1.807) is 0 Å². The van der Waals surface area contributed by atoms with Crippen LogP contribution in [0.25, 0.3) is 0 Å². The van der Waals surface area contributed by atoms with E-state index in [9.17, 15) is 14.4 Å². The van der Waals surface area contributed by atoms with Crippen LogP contribution in [0.4, 0.5) is 4.79 Å². The molecule has 7 nitrogen and oxygen atoms in total. The van der Waals surface area contributed by atoms with E-state index in [0.29, 0.717) is 0 Å². The maximum atomic E-state index is 11.7. The second-order valence-corrected chi connectivity index (χ2v) is 5.63. The van der Waals surface area contributed by atoms with Crippen LogP contribution in [-0.4, -0.2) is 46.6 Å². The summed E-state index contributed by atoms with van der Waals surface area (Å²) in [5.74, 6) is 0.234. The Balaban J connectivity index is 2.37. The SMILES string of the molecule is NC(=O)CC[C@@H](NC(=O)NC1CCSCC1)C(=O)O. The quantitative estimate of drug-likeness (QED) is 0.544. The Morgan fingerprint density at radius 2 is 1.95 bits per heavy atom. The van der Waals surface area contributed by atoms with Crippen LogP contribution in [-0.2, 0) is 9.59 Å². The largest absolute Gasteiger partial charge is 0.480 e. The molecule has 1 aliphatic heterocycles. The maximum absolute atomic E-state index is 11.7. The van der Waals surface area contributed by atoms with Gasteiger partial charge in [0.05, 0.1) is 0 Å². The van der Waals surface area contributed by atoms with E-state index in [2.05, 4.69) is 10.6 Å². The number of hydrogen-bond acceptors (Lipinski definition) is 4. The monoisotopic (exact) mass is 289 g/mol. The number of carbonyl (C=O) groups is 3. The minimum atomic E-state index is -1.17. The summed E-state index contributed by atoms with van der Waals surface area (Å²) in [5.41, 5.74) is 4.96. The number of urea groups is 1. The van der Waals surface area contributed by atoms with Crippen molar-refractivity contribution >= 4 is 29.7 Å². The van der Waals surface area contributed by atoms with Gasteiger partial charge in [-0.25, -0.2) is 9.59 Å². The predicted octanol–water partition coefficient (Wildman–Crippen LogP) is -0.100. The standard InChI is InChI=1S/C11H19N3O4S/c12-9(15)2-1-8(10(16)17)14-11(18)13-7-3-5-19-6-4-7/h7-8H,1-6H2,(H2,12,15)(H,16,17)(H2,13,14,18)/t8-/m1/s1. The van der Waals surface area contributed by atoms with Crippen LogP contribution in [0.15, 0.2) is 0 Å². The highest BCUT2D eigenvalue weighted by Gasteiger charge is 2.22. The minimum Gasteiger partial charge on any atom is -0.480 e. The summed E-state index contributed by atoms with van der Waals surface area (Å²) in [7, 11) is 0. The molecule has 3 amide bonds. The molecule has 0 aliphatic carbocycles. The van der Waals surface area contributed by atoms with Crippen LogP contribution in [0.3, 0.4) is 0 Å². The molecule has 5 N–H and O–H groups in total. The summed E-state index contributed by atoms with van der Waals surface area (Å²) in [6, 6.07) is -1.51. The highest BCUT2D eigenvalue weighted by Crippen LogP contribution is 2.16. The third kappa shape index (κ3) is 6.32. The van der Waals surface area contributed by atoms with E-state index in [-0.39, 0.29) is 18.9 Å². The van der Waals surface area contributed by atoms with Gasteiger partial charge in [0, 0.05) is 12.5 Å². The van der Waals surface area contributed by atoms with E-state index in [0.717, 1.165) is 24.3 Å². The average molecular weight is 289 g/mol. The molecular weight excluding hydrogens is 270 g/mol. The van der Waals surface area contributed by atoms with E-state index >= 15 is 0 Å². The molecule has 0 aromatic carbocycles. The summed E-state index contributed by atoms with van der Waals surface area (Å²) in [5, 5.41) is 14.0. The molecule has 1 atom stereocenters. The number of amides is 3. The third-order valence-electron chi connectivity index (χ3n) is 2.84. The van der Waals surface area contributed by atoms with Gasteiger partial charge in [-0.2, -0.15) is 11.8 Å². The smallest absolute Gasteiger partial charge is 0.326 e. The fourth-order valence-electron chi connectivity index (χ4n) is 1.77. The lowest BCUT2D eigenvalue weighted by Crippen LogP contribution is -2.49. The Hall–Kier alpha value is -1.44. The van der Waals surface area contributed by atoms with Crippen LogP contribution in [0.2, 0.25) is 0 Å². The highest BCUT2D eigenvalue weighted by molar-refractivity contribution is 7.99. The summed E-state index contributed by atoms with van der Waals surface area (Å²) in [6.07, 6.45) is 1.70. The van der Waals surface area contributed by atoms with E-state index in [1.807, 2.05) is 11.8 Å². The normalized spacial score (nSPS) is 17.5. The molecule has 1 saturated heterocycles. The fourth-order valence-corrected chi connectivity index (χ4v) is 2.88. The summed E-state index contributed by atoms with van der Waals surface area (Å²) in [6.45, 7) is 0. The molecule has 1 aliphatic rings. The van der Waals surface area contributed by atoms with Crippen LogP contribution >= 0.6 is 11.8 Å². The number of carboxylic acid groups (broad SMARTS) is 1. The van der Waals surface area contributed by atoms with E-state index in [1.165, 1.54) is 0 Å². The zero-order valence-electron chi connectivity index (χ0n) is 10.6. The number of thioether (sulfide) groups is 1. The molecule has 0 radical (unpaired) electrons. The van der Waals surface area contributed by atoms with Gasteiger partial charge in [0.1, 0.15) is 6.04 Å². The average Bonchev–Trinajstić information content (AvgIpc) is 2.35. The molecule has 1 heterocycles. The first-order valence-electron chi connectivity index (χ1n) is 6.15. The Kier molecular flexibility index (Phi) is 6.48. The molecule has 0 bridgehead atoms. The van der Waals surface area contributed by atoms with Crippen molar-refractivity contribution in [1.82, 2.24) is 10.6 Å². The Morgan fingerprint density at radius 3 is 2.47 bits per heavy atom. The second-order valence-electron chi connectivity index (χ2n) is 4.40. The van der Waals surface area contributed by atoms with Crippen molar-refractivity contribution in [3.05, 3.63) is 0 Å². The molecule has 0 saturated carbocycles. The Morgan fingerprint density at radius 1 is 1.32 bits per heavy atom. The number of hydrogen-bond donors (Lipinski definition) is 4. The van der Waals surface area contributed by atoms with Gasteiger partial charge in [0.15, 0.2) is 0 Å². The number of nitrogens with two attached hydrogens (primary N) is 1. The zero-order chi connectivity index (χ0) is 14.3. The first-order valence-corrected chi connectivity index (χ1v) is 7.30. The number of primary amides is 1. The minimum absolute atomic E-state index is 0.00138. The molecular formula is C11H19N3O4S. The number of carbonyl (C=O) groups excluding carboxylic acids is 2. The lowest BCUT2D eigenvalue weighted by molar-refractivity contribution is -0.139. The Bertz CT molecular complexity index is 345. The van der Waals surface area contributed by atoms with Crippen molar-refractivity contribution in [3.63, 3.8) is 0 Å². The summed E-state index contributed by atoms with van der Waals surface area (Å²) in [4.78, 5) is 33.2.